The molecule has 164 valence electrons. The van der Waals surface area contributed by atoms with Crippen LogP contribution in [0.1, 0.15) is 28.9 Å². The van der Waals surface area contributed by atoms with Crippen molar-refractivity contribution in [1.82, 2.24) is 10.8 Å². The second-order valence-corrected chi connectivity index (χ2v) is 6.45. The summed E-state index contributed by atoms with van der Waals surface area (Å²) in [7, 11) is 0. The number of alkyl carbamates (subject to hydrolysis) is 1. The van der Waals surface area contributed by atoms with E-state index in [1.54, 1.807) is 61.5 Å². The minimum absolute atomic E-state index is 0.0273. The second-order valence-electron chi connectivity index (χ2n) is 6.45. The summed E-state index contributed by atoms with van der Waals surface area (Å²) in [5, 5.41) is 19.9. The monoisotopic (exact) mass is 428 g/mol. The third kappa shape index (κ3) is 7.25. The zero-order valence-electron chi connectivity index (χ0n) is 16.9. The first-order chi connectivity index (χ1) is 15.0. The minimum Gasteiger partial charge on any atom is -0.491 e. The fraction of sp³-hybridized carbons (Fsp3) is 0.227. The number of carbonyl (C=O) groups is 3. The number of imide groups is 1. The highest BCUT2D eigenvalue weighted by molar-refractivity contribution is 6.02. The molecular weight excluding hydrogens is 404 g/mol. The van der Waals surface area contributed by atoms with Gasteiger partial charge >= 0.3 is 6.09 Å². The molecule has 0 saturated carbocycles. The quantitative estimate of drug-likeness (QED) is 0.274. The number of aliphatic hydroxyl groups excluding tert-OH is 1. The highest BCUT2D eigenvalue weighted by Gasteiger charge is 2.26. The second kappa shape index (κ2) is 12.1. The number of carbonyl (C=O) groups excluding carboxylic acids is 3. The van der Waals surface area contributed by atoms with E-state index in [-0.39, 0.29) is 18.8 Å². The molecule has 31 heavy (non-hydrogen) atoms. The van der Waals surface area contributed by atoms with E-state index in [1.807, 2.05) is 0 Å². The average molecular weight is 428 g/mol. The van der Waals surface area contributed by atoms with Gasteiger partial charge < -0.3 is 14.6 Å². The Hall–Kier alpha value is -3.69. The first-order valence-electron chi connectivity index (χ1n) is 9.48. The maximum atomic E-state index is 12.5. The Morgan fingerprint density at radius 1 is 1.06 bits per heavy atom. The largest absolute Gasteiger partial charge is 0.491 e. The topological polar surface area (TPSA) is 134 Å². The Bertz CT molecular complexity index is 915. The zero-order chi connectivity index (χ0) is 22.6. The maximum absolute atomic E-state index is 12.5. The molecule has 0 fully saturated rings. The molecule has 0 radical (unpaired) electrons. The summed E-state index contributed by atoms with van der Waals surface area (Å²) in [6, 6.07) is 14.9. The van der Waals surface area contributed by atoms with E-state index in [0.29, 0.717) is 11.3 Å². The van der Waals surface area contributed by atoms with Crippen molar-refractivity contribution in [1.29, 1.82) is 0 Å². The summed E-state index contributed by atoms with van der Waals surface area (Å²) in [6.07, 6.45) is 0.597. The Morgan fingerprint density at radius 2 is 1.74 bits per heavy atom. The van der Waals surface area contributed by atoms with Crippen LogP contribution in [0.2, 0.25) is 0 Å². The van der Waals surface area contributed by atoms with Crippen molar-refractivity contribution in [2.75, 3.05) is 13.2 Å². The van der Waals surface area contributed by atoms with Gasteiger partial charge in [0, 0.05) is 23.1 Å². The van der Waals surface area contributed by atoms with Gasteiger partial charge in [-0.15, -0.1) is 0 Å². The molecule has 9 heteroatoms. The van der Waals surface area contributed by atoms with Crippen LogP contribution in [-0.4, -0.2) is 41.4 Å². The van der Waals surface area contributed by atoms with Crippen molar-refractivity contribution >= 4 is 17.9 Å². The lowest BCUT2D eigenvalue weighted by atomic mass is 9.96. The number of hydrogen-bond donors (Lipinski definition) is 4. The highest BCUT2D eigenvalue weighted by atomic mass is 16.6. The molecule has 0 heterocycles. The third-order valence-corrected chi connectivity index (χ3v) is 4.20. The van der Waals surface area contributed by atoms with Crippen LogP contribution in [0, 0.1) is 5.92 Å². The fourth-order valence-electron chi connectivity index (χ4n) is 2.73. The number of aliphatic hydroxyl groups is 1. The van der Waals surface area contributed by atoms with Crippen molar-refractivity contribution in [3.8, 4) is 5.75 Å². The number of para-hydroxylation sites is 1. The predicted octanol–water partition coefficient (Wildman–Crippen LogP) is 2.36. The van der Waals surface area contributed by atoms with Crippen LogP contribution in [0.25, 0.3) is 0 Å². The Kier molecular flexibility index (Phi) is 9.21. The van der Waals surface area contributed by atoms with E-state index in [0.717, 1.165) is 6.08 Å². The number of hydroxylamine groups is 1. The van der Waals surface area contributed by atoms with Crippen LogP contribution in [-0.2, 0) is 9.53 Å². The number of rotatable bonds is 9. The van der Waals surface area contributed by atoms with Crippen molar-refractivity contribution < 1.29 is 34.2 Å². The molecule has 0 saturated heterocycles. The van der Waals surface area contributed by atoms with Gasteiger partial charge in [-0.25, -0.2) is 10.3 Å². The fourth-order valence-corrected chi connectivity index (χ4v) is 2.73. The molecule has 0 aliphatic carbocycles. The molecule has 2 rings (SSSR count). The van der Waals surface area contributed by atoms with E-state index in [4.69, 9.17) is 19.8 Å². The molecule has 9 nitrogen and oxygen atoms in total. The van der Waals surface area contributed by atoms with Gasteiger partial charge in [0.2, 0.25) is 0 Å². The molecule has 0 spiro atoms. The lowest BCUT2D eigenvalue weighted by molar-refractivity contribution is -0.124. The van der Waals surface area contributed by atoms with Crippen LogP contribution >= 0.6 is 0 Å². The Labute approximate surface area is 179 Å². The molecule has 3 amide bonds. The number of benzene rings is 2. The maximum Gasteiger partial charge on any atom is 0.414 e. The van der Waals surface area contributed by atoms with Crippen molar-refractivity contribution in [2.24, 2.45) is 5.92 Å². The van der Waals surface area contributed by atoms with E-state index in [1.165, 1.54) is 11.6 Å². The molecule has 0 aliphatic heterocycles. The Balaban J connectivity index is 2.25. The average Bonchev–Trinajstić information content (AvgIpc) is 2.80. The van der Waals surface area contributed by atoms with Gasteiger partial charge in [-0.3, -0.25) is 20.1 Å². The summed E-state index contributed by atoms with van der Waals surface area (Å²) in [4.78, 5) is 36.0. The summed E-state index contributed by atoms with van der Waals surface area (Å²) in [5.74, 6) is -1.56. The zero-order valence-corrected chi connectivity index (χ0v) is 16.9. The molecule has 2 aromatic rings. The molecule has 2 atom stereocenters. The van der Waals surface area contributed by atoms with E-state index < -0.39 is 29.9 Å². The summed E-state index contributed by atoms with van der Waals surface area (Å²) in [6.45, 7) is 1.50. The van der Waals surface area contributed by atoms with E-state index in [2.05, 4.69) is 5.32 Å². The van der Waals surface area contributed by atoms with Crippen LogP contribution in [0.4, 0.5) is 4.79 Å². The van der Waals surface area contributed by atoms with Gasteiger partial charge in [-0.05, 0) is 18.2 Å². The number of amides is 3. The van der Waals surface area contributed by atoms with Crippen molar-refractivity contribution in [3.63, 3.8) is 0 Å². The number of nitrogens with one attached hydrogen (secondary N) is 2. The molecule has 0 unspecified atom stereocenters. The molecule has 2 aromatic carbocycles. The molecule has 0 aliphatic rings. The van der Waals surface area contributed by atoms with Gasteiger partial charge in [-0.1, -0.05) is 49.4 Å². The number of ether oxygens (including phenoxy) is 2. The standard InChI is InChI=1S/C22H24N2O7/c1-15(11-12-19(26)24-29)20(17-9-5-6-10-18(17)30-14-13-25)31-22(28)23-21(27)16-7-3-2-4-8-16/h2-12,15,20,25,29H,13-14H2,1H3,(H,24,26)(H,23,27,28)/b12-11+/t15-,20-/m1/s1. The SMILES string of the molecule is C[C@H](/C=C/C(=O)NO)[C@@H](OC(=O)NC(=O)c1ccccc1)c1ccccc1OCCO. The lowest BCUT2D eigenvalue weighted by Crippen LogP contribution is -2.33. The van der Waals surface area contributed by atoms with Crippen LogP contribution in [0.3, 0.4) is 0 Å². The van der Waals surface area contributed by atoms with Gasteiger partial charge in [0.05, 0.1) is 6.61 Å². The molecule has 0 bridgehead atoms. The van der Waals surface area contributed by atoms with Gasteiger partial charge in [0.15, 0.2) is 0 Å². The highest BCUT2D eigenvalue weighted by Crippen LogP contribution is 2.34. The minimum atomic E-state index is -0.984. The molecule has 4 N–H and O–H groups in total. The summed E-state index contributed by atoms with van der Waals surface area (Å²) < 4.78 is 11.0. The van der Waals surface area contributed by atoms with Crippen molar-refractivity contribution in [3.05, 3.63) is 77.9 Å². The first-order valence-corrected chi connectivity index (χ1v) is 9.48. The summed E-state index contributed by atoms with van der Waals surface area (Å²) in [5.41, 5.74) is 2.24. The first kappa shape index (κ1) is 23.6. The van der Waals surface area contributed by atoms with Gasteiger partial charge in [0.25, 0.3) is 11.8 Å². The van der Waals surface area contributed by atoms with E-state index >= 15 is 0 Å². The predicted molar refractivity (Wildman–Crippen MR) is 110 cm³/mol. The van der Waals surface area contributed by atoms with Crippen LogP contribution in [0.15, 0.2) is 66.7 Å². The molecular formula is C22H24N2O7. The van der Waals surface area contributed by atoms with Gasteiger partial charge in [-0.2, -0.15) is 0 Å². The smallest absolute Gasteiger partial charge is 0.414 e. The molecule has 0 aromatic heterocycles. The number of hydrogen-bond acceptors (Lipinski definition) is 7. The van der Waals surface area contributed by atoms with Crippen LogP contribution in [0.5, 0.6) is 5.75 Å². The summed E-state index contributed by atoms with van der Waals surface area (Å²) >= 11 is 0. The third-order valence-electron chi connectivity index (χ3n) is 4.20. The van der Waals surface area contributed by atoms with Crippen molar-refractivity contribution in [2.45, 2.75) is 13.0 Å². The Morgan fingerprint density at radius 3 is 2.42 bits per heavy atom. The lowest BCUT2D eigenvalue weighted by Gasteiger charge is -2.24. The van der Waals surface area contributed by atoms with E-state index in [9.17, 15) is 14.4 Å². The van der Waals surface area contributed by atoms with Crippen LogP contribution < -0.4 is 15.5 Å². The normalized spacial score (nSPS) is 12.6. The van der Waals surface area contributed by atoms with Gasteiger partial charge in [0.1, 0.15) is 18.5 Å².